The molecule has 0 saturated heterocycles. The van der Waals surface area contributed by atoms with E-state index in [9.17, 15) is 4.79 Å². The summed E-state index contributed by atoms with van der Waals surface area (Å²) in [7, 11) is 1.95. The largest absolute Gasteiger partial charge is 0.481 e. The van der Waals surface area contributed by atoms with Crippen LogP contribution in [-0.4, -0.2) is 24.7 Å². The molecule has 2 N–H and O–H groups in total. The van der Waals surface area contributed by atoms with E-state index in [4.69, 9.17) is 5.11 Å². The molecule has 0 aromatic carbocycles. The third-order valence-corrected chi connectivity index (χ3v) is 2.62. The van der Waals surface area contributed by atoms with Gasteiger partial charge in [-0.1, -0.05) is 20.3 Å². The first-order valence-corrected chi connectivity index (χ1v) is 5.49. The van der Waals surface area contributed by atoms with Crippen molar-refractivity contribution in [3.05, 3.63) is 0 Å². The van der Waals surface area contributed by atoms with Crippen LogP contribution in [0.15, 0.2) is 0 Å². The van der Waals surface area contributed by atoms with Crippen LogP contribution in [0.4, 0.5) is 0 Å². The standard InChI is InChI=1S/C11H23NO2/c1-4-5-10(8-12-3)7-6-9(2)11(13)14/h9-10,12H,4-8H2,1-3H3,(H,13,14). The van der Waals surface area contributed by atoms with E-state index in [2.05, 4.69) is 12.2 Å². The molecule has 3 heteroatoms. The number of rotatable bonds is 8. The van der Waals surface area contributed by atoms with Crippen molar-refractivity contribution in [2.75, 3.05) is 13.6 Å². The fraction of sp³-hybridized carbons (Fsp3) is 0.909. The average Bonchev–Trinajstić information content (AvgIpc) is 2.14. The van der Waals surface area contributed by atoms with Crippen molar-refractivity contribution >= 4 is 5.97 Å². The molecule has 2 unspecified atom stereocenters. The minimum absolute atomic E-state index is 0.203. The van der Waals surface area contributed by atoms with Crippen molar-refractivity contribution in [3.63, 3.8) is 0 Å². The van der Waals surface area contributed by atoms with Gasteiger partial charge in [0.25, 0.3) is 0 Å². The first kappa shape index (κ1) is 13.4. The summed E-state index contributed by atoms with van der Waals surface area (Å²) in [6, 6.07) is 0. The van der Waals surface area contributed by atoms with Crippen molar-refractivity contribution in [1.29, 1.82) is 0 Å². The van der Waals surface area contributed by atoms with E-state index < -0.39 is 5.97 Å². The van der Waals surface area contributed by atoms with Crippen molar-refractivity contribution in [1.82, 2.24) is 5.32 Å². The Bertz CT molecular complexity index is 153. The quantitative estimate of drug-likeness (QED) is 0.632. The number of carboxylic acid groups (broad SMARTS) is 1. The molecule has 0 aromatic rings. The summed E-state index contributed by atoms with van der Waals surface area (Å²) in [5.41, 5.74) is 0. The minimum Gasteiger partial charge on any atom is -0.481 e. The number of carbonyl (C=O) groups is 1. The second-order valence-electron chi connectivity index (χ2n) is 4.03. The number of aliphatic carboxylic acids is 1. The Hall–Kier alpha value is -0.570. The van der Waals surface area contributed by atoms with Gasteiger partial charge in [-0.3, -0.25) is 4.79 Å². The fourth-order valence-corrected chi connectivity index (χ4v) is 1.65. The molecule has 3 nitrogen and oxygen atoms in total. The highest BCUT2D eigenvalue weighted by molar-refractivity contribution is 5.69. The summed E-state index contributed by atoms with van der Waals surface area (Å²) in [4.78, 5) is 10.6. The van der Waals surface area contributed by atoms with Gasteiger partial charge in [-0.25, -0.2) is 0 Å². The average molecular weight is 201 g/mol. The third kappa shape index (κ3) is 5.97. The monoisotopic (exact) mass is 201 g/mol. The molecule has 0 aromatic heterocycles. The maximum absolute atomic E-state index is 10.6. The number of carboxylic acids is 1. The van der Waals surface area contributed by atoms with Crippen LogP contribution in [0, 0.1) is 11.8 Å². The predicted molar refractivity (Wildman–Crippen MR) is 58.4 cm³/mol. The van der Waals surface area contributed by atoms with Crippen LogP contribution in [0.1, 0.15) is 39.5 Å². The zero-order valence-corrected chi connectivity index (χ0v) is 9.55. The lowest BCUT2D eigenvalue weighted by Gasteiger charge is -2.16. The highest BCUT2D eigenvalue weighted by atomic mass is 16.4. The molecule has 0 aliphatic heterocycles. The minimum atomic E-state index is -0.676. The van der Waals surface area contributed by atoms with Gasteiger partial charge in [-0.15, -0.1) is 0 Å². The fourth-order valence-electron chi connectivity index (χ4n) is 1.65. The Morgan fingerprint density at radius 2 is 2.00 bits per heavy atom. The number of hydrogen-bond acceptors (Lipinski definition) is 2. The van der Waals surface area contributed by atoms with Gasteiger partial charge in [0.2, 0.25) is 0 Å². The molecule has 0 bridgehead atoms. The summed E-state index contributed by atoms with van der Waals surface area (Å²) in [5.74, 6) is -0.247. The first-order chi connectivity index (χ1) is 6.61. The first-order valence-electron chi connectivity index (χ1n) is 5.49. The van der Waals surface area contributed by atoms with Crippen LogP contribution >= 0.6 is 0 Å². The molecule has 0 rings (SSSR count). The molecular weight excluding hydrogens is 178 g/mol. The molecule has 0 radical (unpaired) electrons. The van der Waals surface area contributed by atoms with E-state index in [-0.39, 0.29) is 5.92 Å². The Labute approximate surface area is 86.9 Å². The van der Waals surface area contributed by atoms with Crippen LogP contribution in [0.25, 0.3) is 0 Å². The number of nitrogens with one attached hydrogen (secondary N) is 1. The maximum Gasteiger partial charge on any atom is 0.306 e. The zero-order valence-electron chi connectivity index (χ0n) is 9.55. The molecular formula is C11H23NO2. The van der Waals surface area contributed by atoms with E-state index in [0.29, 0.717) is 5.92 Å². The molecule has 0 aliphatic rings. The Morgan fingerprint density at radius 1 is 1.36 bits per heavy atom. The van der Waals surface area contributed by atoms with Gasteiger partial charge in [0.1, 0.15) is 0 Å². The predicted octanol–water partition coefficient (Wildman–Crippen LogP) is 2.12. The van der Waals surface area contributed by atoms with Crippen LogP contribution < -0.4 is 5.32 Å². The van der Waals surface area contributed by atoms with E-state index in [0.717, 1.165) is 19.4 Å². The summed E-state index contributed by atoms with van der Waals surface area (Å²) >= 11 is 0. The summed E-state index contributed by atoms with van der Waals surface area (Å²) in [5, 5.41) is 11.9. The molecule has 0 fully saturated rings. The Morgan fingerprint density at radius 3 is 2.43 bits per heavy atom. The van der Waals surface area contributed by atoms with E-state index in [1.54, 1.807) is 6.92 Å². The maximum atomic E-state index is 10.6. The van der Waals surface area contributed by atoms with Gasteiger partial charge in [0, 0.05) is 0 Å². The Kier molecular flexibility index (Phi) is 7.48. The molecule has 0 heterocycles. The van der Waals surface area contributed by atoms with E-state index in [1.807, 2.05) is 7.05 Å². The van der Waals surface area contributed by atoms with Gasteiger partial charge < -0.3 is 10.4 Å². The highest BCUT2D eigenvalue weighted by Gasteiger charge is 2.14. The molecule has 14 heavy (non-hydrogen) atoms. The summed E-state index contributed by atoms with van der Waals surface area (Å²) in [6.07, 6.45) is 4.17. The summed E-state index contributed by atoms with van der Waals surface area (Å²) < 4.78 is 0. The normalized spacial score (nSPS) is 15.1. The lowest BCUT2D eigenvalue weighted by Crippen LogP contribution is -2.20. The lowest BCUT2D eigenvalue weighted by molar-refractivity contribution is -0.141. The van der Waals surface area contributed by atoms with Crippen LogP contribution in [0.2, 0.25) is 0 Å². The van der Waals surface area contributed by atoms with Gasteiger partial charge in [-0.2, -0.15) is 0 Å². The molecule has 0 saturated carbocycles. The van der Waals surface area contributed by atoms with Gasteiger partial charge in [-0.05, 0) is 38.8 Å². The Balaban J connectivity index is 3.74. The van der Waals surface area contributed by atoms with Gasteiger partial charge in [0.15, 0.2) is 0 Å². The molecule has 0 amide bonds. The second-order valence-corrected chi connectivity index (χ2v) is 4.03. The lowest BCUT2D eigenvalue weighted by atomic mass is 9.93. The van der Waals surface area contributed by atoms with Crippen molar-refractivity contribution in [2.24, 2.45) is 11.8 Å². The molecule has 2 atom stereocenters. The van der Waals surface area contributed by atoms with Crippen LogP contribution in [0.3, 0.4) is 0 Å². The molecule has 84 valence electrons. The van der Waals surface area contributed by atoms with Crippen molar-refractivity contribution in [3.8, 4) is 0 Å². The van der Waals surface area contributed by atoms with Gasteiger partial charge >= 0.3 is 5.97 Å². The van der Waals surface area contributed by atoms with Crippen molar-refractivity contribution < 1.29 is 9.90 Å². The smallest absolute Gasteiger partial charge is 0.306 e. The SMILES string of the molecule is CCCC(CCC(C)C(=O)O)CNC. The van der Waals surface area contributed by atoms with Crippen LogP contribution in [-0.2, 0) is 4.79 Å². The zero-order chi connectivity index (χ0) is 11.0. The topological polar surface area (TPSA) is 49.3 Å². The van der Waals surface area contributed by atoms with E-state index in [1.165, 1.54) is 12.8 Å². The highest BCUT2D eigenvalue weighted by Crippen LogP contribution is 2.16. The second kappa shape index (κ2) is 7.80. The van der Waals surface area contributed by atoms with Crippen LogP contribution in [0.5, 0.6) is 0 Å². The molecule has 0 spiro atoms. The number of hydrogen-bond donors (Lipinski definition) is 2. The molecule has 0 aliphatic carbocycles. The van der Waals surface area contributed by atoms with Gasteiger partial charge in [0.05, 0.1) is 5.92 Å². The van der Waals surface area contributed by atoms with E-state index >= 15 is 0 Å². The van der Waals surface area contributed by atoms with Crippen molar-refractivity contribution in [2.45, 2.75) is 39.5 Å². The summed E-state index contributed by atoms with van der Waals surface area (Å²) in [6.45, 7) is 4.95. The third-order valence-electron chi connectivity index (χ3n) is 2.62.